The molecule has 0 spiro atoms. The molecule has 0 unspecified atom stereocenters. The average Bonchev–Trinajstić information content (AvgIpc) is 2.48. The molecule has 1 N–H and O–H groups in total. The lowest BCUT2D eigenvalue weighted by atomic mass is 9.97. The van der Waals surface area contributed by atoms with Crippen LogP contribution in [0.4, 0.5) is 0 Å². The Bertz CT molecular complexity index is 375. The Labute approximate surface area is 116 Å². The Morgan fingerprint density at radius 3 is 2.68 bits per heavy atom. The Morgan fingerprint density at radius 2 is 2.00 bits per heavy atom. The zero-order chi connectivity index (χ0) is 13.5. The molecule has 1 saturated heterocycles. The SMILES string of the molecule is CCN(Cc1ccccc1OC)CC1CCNCC1. The van der Waals surface area contributed by atoms with Gasteiger partial charge in [0.25, 0.3) is 0 Å². The summed E-state index contributed by atoms with van der Waals surface area (Å²) in [5, 5.41) is 3.44. The van der Waals surface area contributed by atoms with Gasteiger partial charge in [0.2, 0.25) is 0 Å². The summed E-state index contributed by atoms with van der Waals surface area (Å²) in [5.41, 5.74) is 1.29. The molecule has 106 valence electrons. The van der Waals surface area contributed by atoms with E-state index in [1.54, 1.807) is 7.11 Å². The van der Waals surface area contributed by atoms with E-state index in [0.29, 0.717) is 0 Å². The number of nitrogens with zero attached hydrogens (tertiary/aromatic N) is 1. The molecule has 0 radical (unpaired) electrons. The van der Waals surface area contributed by atoms with Crippen LogP contribution >= 0.6 is 0 Å². The lowest BCUT2D eigenvalue weighted by molar-refractivity contribution is 0.205. The van der Waals surface area contributed by atoms with Gasteiger partial charge in [0.15, 0.2) is 0 Å². The van der Waals surface area contributed by atoms with Crippen LogP contribution in [0.3, 0.4) is 0 Å². The predicted octanol–water partition coefficient (Wildman–Crippen LogP) is 2.52. The minimum Gasteiger partial charge on any atom is -0.496 e. The van der Waals surface area contributed by atoms with Crippen molar-refractivity contribution < 1.29 is 4.74 Å². The Morgan fingerprint density at radius 1 is 1.26 bits per heavy atom. The van der Waals surface area contributed by atoms with E-state index in [4.69, 9.17) is 4.74 Å². The minimum atomic E-state index is 0.843. The van der Waals surface area contributed by atoms with Gasteiger partial charge in [0.05, 0.1) is 7.11 Å². The van der Waals surface area contributed by atoms with Crippen molar-refractivity contribution in [3.8, 4) is 5.75 Å². The van der Waals surface area contributed by atoms with Crippen LogP contribution in [0.25, 0.3) is 0 Å². The van der Waals surface area contributed by atoms with E-state index in [1.807, 2.05) is 12.1 Å². The van der Waals surface area contributed by atoms with Crippen molar-refractivity contribution >= 4 is 0 Å². The second kappa shape index (κ2) is 7.51. The van der Waals surface area contributed by atoms with E-state index in [0.717, 1.165) is 24.8 Å². The number of ether oxygens (including phenoxy) is 1. The third kappa shape index (κ3) is 4.22. The van der Waals surface area contributed by atoms with Gasteiger partial charge in [-0.1, -0.05) is 25.1 Å². The van der Waals surface area contributed by atoms with Crippen LogP contribution in [0.2, 0.25) is 0 Å². The van der Waals surface area contributed by atoms with Gasteiger partial charge in [-0.05, 0) is 44.5 Å². The molecule has 0 aliphatic carbocycles. The summed E-state index contributed by atoms with van der Waals surface area (Å²) in [4.78, 5) is 2.54. The van der Waals surface area contributed by atoms with Crippen molar-refractivity contribution in [2.75, 3.05) is 33.3 Å². The lowest BCUT2D eigenvalue weighted by Gasteiger charge is -2.29. The van der Waals surface area contributed by atoms with E-state index in [9.17, 15) is 0 Å². The molecule has 19 heavy (non-hydrogen) atoms. The third-order valence-electron chi connectivity index (χ3n) is 4.01. The lowest BCUT2D eigenvalue weighted by Crippen LogP contribution is -2.36. The molecule has 1 aromatic carbocycles. The summed E-state index contributed by atoms with van der Waals surface area (Å²) in [7, 11) is 1.75. The molecule has 0 aromatic heterocycles. The summed E-state index contributed by atoms with van der Waals surface area (Å²) in [6.45, 7) is 7.90. The van der Waals surface area contributed by atoms with Crippen molar-refractivity contribution in [3.63, 3.8) is 0 Å². The van der Waals surface area contributed by atoms with Crippen LogP contribution in [0.1, 0.15) is 25.3 Å². The minimum absolute atomic E-state index is 0.843. The van der Waals surface area contributed by atoms with E-state index in [2.05, 4.69) is 29.3 Å². The number of benzene rings is 1. The topological polar surface area (TPSA) is 24.5 Å². The predicted molar refractivity (Wildman–Crippen MR) is 79.5 cm³/mol. The molecule has 3 heteroatoms. The molecule has 1 aromatic rings. The molecule has 1 aliphatic heterocycles. The van der Waals surface area contributed by atoms with Gasteiger partial charge in [-0.3, -0.25) is 4.90 Å². The van der Waals surface area contributed by atoms with Gasteiger partial charge < -0.3 is 10.1 Å². The fourth-order valence-corrected chi connectivity index (χ4v) is 2.81. The van der Waals surface area contributed by atoms with Crippen LogP contribution in [0, 0.1) is 5.92 Å². The number of piperidine rings is 1. The first-order chi connectivity index (χ1) is 9.33. The first-order valence-electron chi connectivity index (χ1n) is 7.38. The van der Waals surface area contributed by atoms with E-state index in [1.165, 1.54) is 38.0 Å². The summed E-state index contributed by atoms with van der Waals surface area (Å²) in [6.07, 6.45) is 2.62. The van der Waals surface area contributed by atoms with Crippen LogP contribution in [0.15, 0.2) is 24.3 Å². The molecule has 1 heterocycles. The average molecular weight is 262 g/mol. The Kier molecular flexibility index (Phi) is 5.67. The van der Waals surface area contributed by atoms with Gasteiger partial charge >= 0.3 is 0 Å². The quantitative estimate of drug-likeness (QED) is 0.852. The van der Waals surface area contributed by atoms with Crippen molar-refractivity contribution in [2.45, 2.75) is 26.3 Å². The van der Waals surface area contributed by atoms with Crippen LogP contribution in [-0.4, -0.2) is 38.2 Å². The van der Waals surface area contributed by atoms with Crippen molar-refractivity contribution in [3.05, 3.63) is 29.8 Å². The number of methoxy groups -OCH3 is 1. The first kappa shape index (κ1) is 14.4. The fourth-order valence-electron chi connectivity index (χ4n) is 2.81. The number of hydrogen-bond donors (Lipinski definition) is 1. The van der Waals surface area contributed by atoms with Gasteiger partial charge in [-0.25, -0.2) is 0 Å². The monoisotopic (exact) mass is 262 g/mol. The van der Waals surface area contributed by atoms with Gasteiger partial charge in [0.1, 0.15) is 5.75 Å². The zero-order valence-electron chi connectivity index (χ0n) is 12.2. The smallest absolute Gasteiger partial charge is 0.123 e. The van der Waals surface area contributed by atoms with Gasteiger partial charge in [-0.15, -0.1) is 0 Å². The van der Waals surface area contributed by atoms with Crippen LogP contribution in [-0.2, 0) is 6.54 Å². The Balaban J connectivity index is 1.94. The van der Waals surface area contributed by atoms with Gasteiger partial charge in [0, 0.05) is 18.7 Å². The largest absolute Gasteiger partial charge is 0.496 e. The molecule has 1 fully saturated rings. The van der Waals surface area contributed by atoms with Gasteiger partial charge in [-0.2, -0.15) is 0 Å². The molecule has 0 bridgehead atoms. The molecule has 1 aliphatic rings. The van der Waals surface area contributed by atoms with E-state index in [-0.39, 0.29) is 0 Å². The number of para-hydroxylation sites is 1. The molecule has 0 atom stereocenters. The molecule has 2 rings (SSSR count). The highest BCUT2D eigenvalue weighted by Crippen LogP contribution is 2.21. The number of nitrogens with one attached hydrogen (secondary N) is 1. The first-order valence-corrected chi connectivity index (χ1v) is 7.38. The zero-order valence-corrected chi connectivity index (χ0v) is 12.2. The van der Waals surface area contributed by atoms with Crippen LogP contribution in [0.5, 0.6) is 5.75 Å². The number of rotatable bonds is 6. The summed E-state index contributed by atoms with van der Waals surface area (Å²) >= 11 is 0. The van der Waals surface area contributed by atoms with E-state index < -0.39 is 0 Å². The molecule has 3 nitrogen and oxygen atoms in total. The van der Waals surface area contributed by atoms with Crippen molar-refractivity contribution in [1.29, 1.82) is 0 Å². The summed E-state index contributed by atoms with van der Waals surface area (Å²) < 4.78 is 5.44. The van der Waals surface area contributed by atoms with Crippen molar-refractivity contribution in [2.24, 2.45) is 5.92 Å². The summed E-state index contributed by atoms with van der Waals surface area (Å²) in [6, 6.07) is 8.35. The summed E-state index contributed by atoms with van der Waals surface area (Å²) in [5.74, 6) is 1.85. The Hall–Kier alpha value is -1.06. The van der Waals surface area contributed by atoms with Crippen molar-refractivity contribution in [1.82, 2.24) is 10.2 Å². The van der Waals surface area contributed by atoms with Crippen LogP contribution < -0.4 is 10.1 Å². The van der Waals surface area contributed by atoms with E-state index >= 15 is 0 Å². The fraction of sp³-hybridized carbons (Fsp3) is 0.625. The third-order valence-corrected chi connectivity index (χ3v) is 4.01. The highest BCUT2D eigenvalue weighted by atomic mass is 16.5. The molecule has 0 amide bonds. The second-order valence-corrected chi connectivity index (χ2v) is 5.33. The number of hydrogen-bond acceptors (Lipinski definition) is 3. The highest BCUT2D eigenvalue weighted by Gasteiger charge is 2.17. The maximum atomic E-state index is 5.44. The normalized spacial score (nSPS) is 16.8. The molecule has 0 saturated carbocycles. The molecular formula is C16H26N2O. The highest BCUT2D eigenvalue weighted by molar-refractivity contribution is 5.33. The molecular weight excluding hydrogens is 236 g/mol. The maximum absolute atomic E-state index is 5.44. The standard InChI is InChI=1S/C16H26N2O/c1-3-18(12-14-8-10-17-11-9-14)13-15-6-4-5-7-16(15)19-2/h4-7,14,17H,3,8-13H2,1-2H3. The second-order valence-electron chi connectivity index (χ2n) is 5.33. The maximum Gasteiger partial charge on any atom is 0.123 e.